The third-order valence-electron chi connectivity index (χ3n) is 4.08. The zero-order valence-corrected chi connectivity index (χ0v) is 14.3. The number of ether oxygens (including phenoxy) is 3. The Hall–Kier alpha value is 0.0569. The average Bonchev–Trinajstić information content (AvgIpc) is 3.10. The van der Waals surface area contributed by atoms with E-state index in [0.717, 1.165) is 26.1 Å². The Morgan fingerprint density at radius 2 is 1.95 bits per heavy atom. The second-order valence-electron chi connectivity index (χ2n) is 6.73. The number of rotatable bonds is 9. The van der Waals surface area contributed by atoms with Crippen molar-refractivity contribution in [3.8, 4) is 0 Å². The molecule has 1 aliphatic heterocycles. The van der Waals surface area contributed by atoms with Gasteiger partial charge in [0.05, 0.1) is 12.7 Å². The number of methoxy groups -OCH3 is 1. The molecule has 0 aromatic heterocycles. The molecule has 1 heterocycles. The molecule has 0 saturated carbocycles. The van der Waals surface area contributed by atoms with Crippen LogP contribution in [0.2, 0.25) is 18.1 Å². The monoisotopic (exact) mass is 290 g/mol. The molecule has 4 nitrogen and oxygen atoms in total. The standard InChI is InChI=1S/C14H30O4Si/c1-14(2,3)19(5,6)18-9-7-8-12(13-10-16-13)17-11-15-4/h12-13H,7-11H2,1-6H3/t12-,13-/m0/s1. The molecule has 0 amide bonds. The Morgan fingerprint density at radius 3 is 2.42 bits per heavy atom. The first-order chi connectivity index (χ1) is 8.78. The van der Waals surface area contributed by atoms with Crippen LogP contribution >= 0.6 is 0 Å². The van der Waals surface area contributed by atoms with Gasteiger partial charge in [-0.2, -0.15) is 0 Å². The maximum Gasteiger partial charge on any atom is 0.191 e. The molecule has 1 rings (SSSR count). The third-order valence-corrected chi connectivity index (χ3v) is 8.61. The van der Waals surface area contributed by atoms with Crippen molar-refractivity contribution >= 4 is 8.32 Å². The molecular weight excluding hydrogens is 260 g/mol. The lowest BCUT2D eigenvalue weighted by molar-refractivity contribution is -0.0829. The summed E-state index contributed by atoms with van der Waals surface area (Å²) in [6, 6.07) is 0. The highest BCUT2D eigenvalue weighted by atomic mass is 28.4. The molecular formula is C14H30O4Si. The molecule has 5 heteroatoms. The smallest absolute Gasteiger partial charge is 0.191 e. The van der Waals surface area contributed by atoms with Crippen LogP contribution in [0.1, 0.15) is 33.6 Å². The van der Waals surface area contributed by atoms with E-state index in [2.05, 4.69) is 33.9 Å². The second-order valence-corrected chi connectivity index (χ2v) is 11.5. The molecule has 0 unspecified atom stereocenters. The molecule has 0 bridgehead atoms. The topological polar surface area (TPSA) is 40.2 Å². The van der Waals surface area contributed by atoms with E-state index in [1.165, 1.54) is 0 Å². The van der Waals surface area contributed by atoms with Gasteiger partial charge in [0.15, 0.2) is 8.32 Å². The third kappa shape index (κ3) is 5.91. The number of hydrogen-bond donors (Lipinski definition) is 0. The van der Waals surface area contributed by atoms with Gasteiger partial charge in [-0.3, -0.25) is 0 Å². The van der Waals surface area contributed by atoms with Crippen molar-refractivity contribution in [2.24, 2.45) is 0 Å². The van der Waals surface area contributed by atoms with Gasteiger partial charge in [-0.05, 0) is 31.0 Å². The summed E-state index contributed by atoms with van der Waals surface area (Å²) in [5.74, 6) is 0. The van der Waals surface area contributed by atoms with E-state index < -0.39 is 8.32 Å². The number of epoxide rings is 1. The fraction of sp³-hybridized carbons (Fsp3) is 1.00. The summed E-state index contributed by atoms with van der Waals surface area (Å²) in [6.45, 7) is 13.3. The molecule has 1 saturated heterocycles. The van der Waals surface area contributed by atoms with Crippen LogP contribution in [0.3, 0.4) is 0 Å². The zero-order chi connectivity index (χ0) is 14.5. The highest BCUT2D eigenvalue weighted by molar-refractivity contribution is 6.74. The highest BCUT2D eigenvalue weighted by Crippen LogP contribution is 2.36. The van der Waals surface area contributed by atoms with Crippen LogP contribution < -0.4 is 0 Å². The average molecular weight is 290 g/mol. The molecule has 1 fully saturated rings. The first-order valence-corrected chi connectivity index (χ1v) is 10.0. The summed E-state index contributed by atoms with van der Waals surface area (Å²) in [7, 11) is 0.0336. The Kier molecular flexibility index (Phi) is 6.46. The summed E-state index contributed by atoms with van der Waals surface area (Å²) in [6.07, 6.45) is 2.41. The molecule has 0 spiro atoms. The Bertz CT molecular complexity index is 259. The van der Waals surface area contributed by atoms with Crippen molar-refractivity contribution in [3.05, 3.63) is 0 Å². The molecule has 114 valence electrons. The normalized spacial score (nSPS) is 21.5. The molecule has 0 aliphatic carbocycles. The van der Waals surface area contributed by atoms with Crippen LogP contribution in [-0.4, -0.2) is 47.6 Å². The lowest BCUT2D eigenvalue weighted by Gasteiger charge is -2.36. The summed E-state index contributed by atoms with van der Waals surface area (Å²) in [5, 5.41) is 0.276. The van der Waals surface area contributed by atoms with Gasteiger partial charge < -0.3 is 18.6 Å². The lowest BCUT2D eigenvalue weighted by atomic mass is 10.1. The van der Waals surface area contributed by atoms with E-state index >= 15 is 0 Å². The summed E-state index contributed by atoms with van der Waals surface area (Å²) < 4.78 is 22.0. The van der Waals surface area contributed by atoms with Crippen LogP contribution in [0, 0.1) is 0 Å². The molecule has 1 aliphatic rings. The van der Waals surface area contributed by atoms with E-state index in [4.69, 9.17) is 18.6 Å². The van der Waals surface area contributed by atoms with Crippen molar-refractivity contribution in [1.29, 1.82) is 0 Å². The molecule has 0 aromatic carbocycles. The predicted octanol–water partition coefficient (Wildman–Crippen LogP) is 3.18. The second kappa shape index (κ2) is 7.18. The molecule has 0 aromatic rings. The van der Waals surface area contributed by atoms with E-state index in [1.54, 1.807) is 7.11 Å². The highest BCUT2D eigenvalue weighted by Gasteiger charge is 2.37. The van der Waals surface area contributed by atoms with Gasteiger partial charge >= 0.3 is 0 Å². The summed E-state index contributed by atoms with van der Waals surface area (Å²) >= 11 is 0. The van der Waals surface area contributed by atoms with Gasteiger partial charge in [-0.25, -0.2) is 0 Å². The van der Waals surface area contributed by atoms with Gasteiger partial charge in [-0.1, -0.05) is 20.8 Å². The molecule has 0 N–H and O–H groups in total. The quantitative estimate of drug-likeness (QED) is 0.283. The minimum absolute atomic E-state index is 0.156. The fourth-order valence-electron chi connectivity index (χ4n) is 1.63. The Balaban J connectivity index is 2.21. The van der Waals surface area contributed by atoms with Gasteiger partial charge in [-0.15, -0.1) is 0 Å². The predicted molar refractivity (Wildman–Crippen MR) is 78.9 cm³/mol. The van der Waals surface area contributed by atoms with Gasteiger partial charge in [0.2, 0.25) is 0 Å². The Labute approximate surface area is 118 Å². The van der Waals surface area contributed by atoms with E-state index in [-0.39, 0.29) is 17.2 Å². The summed E-state index contributed by atoms with van der Waals surface area (Å²) in [5.41, 5.74) is 0. The van der Waals surface area contributed by atoms with Crippen LogP contribution in [0.15, 0.2) is 0 Å². The van der Waals surface area contributed by atoms with Crippen LogP contribution in [-0.2, 0) is 18.6 Å². The maximum absolute atomic E-state index is 6.16. The minimum atomic E-state index is -1.61. The van der Waals surface area contributed by atoms with Crippen molar-refractivity contribution in [3.63, 3.8) is 0 Å². The molecule has 2 atom stereocenters. The largest absolute Gasteiger partial charge is 0.417 e. The minimum Gasteiger partial charge on any atom is -0.417 e. The van der Waals surface area contributed by atoms with Crippen LogP contribution in [0.25, 0.3) is 0 Å². The molecule has 19 heavy (non-hydrogen) atoms. The van der Waals surface area contributed by atoms with Gasteiger partial charge in [0.25, 0.3) is 0 Å². The fourth-order valence-corrected chi connectivity index (χ4v) is 2.72. The first-order valence-electron chi connectivity index (χ1n) is 7.14. The lowest BCUT2D eigenvalue weighted by Crippen LogP contribution is -2.41. The van der Waals surface area contributed by atoms with Gasteiger partial charge in [0.1, 0.15) is 12.9 Å². The maximum atomic E-state index is 6.16. The van der Waals surface area contributed by atoms with E-state index in [0.29, 0.717) is 6.79 Å². The zero-order valence-electron chi connectivity index (χ0n) is 13.3. The van der Waals surface area contributed by atoms with Crippen molar-refractivity contribution in [2.45, 2.75) is 64.0 Å². The summed E-state index contributed by atoms with van der Waals surface area (Å²) in [4.78, 5) is 0. The van der Waals surface area contributed by atoms with E-state index in [1.807, 2.05) is 0 Å². The Morgan fingerprint density at radius 1 is 1.32 bits per heavy atom. The van der Waals surface area contributed by atoms with Crippen molar-refractivity contribution in [2.75, 3.05) is 27.1 Å². The van der Waals surface area contributed by atoms with Crippen LogP contribution in [0.5, 0.6) is 0 Å². The molecule has 0 radical (unpaired) electrons. The van der Waals surface area contributed by atoms with Crippen LogP contribution in [0.4, 0.5) is 0 Å². The van der Waals surface area contributed by atoms with Gasteiger partial charge in [0, 0.05) is 13.7 Å². The van der Waals surface area contributed by atoms with Crippen molar-refractivity contribution in [1.82, 2.24) is 0 Å². The van der Waals surface area contributed by atoms with E-state index in [9.17, 15) is 0 Å². The first kappa shape index (κ1) is 17.1. The number of hydrogen-bond acceptors (Lipinski definition) is 4. The van der Waals surface area contributed by atoms with Crippen molar-refractivity contribution < 1.29 is 18.6 Å². The SMILES string of the molecule is COCO[C@@H](CCCO[Si](C)(C)C(C)(C)C)[C@@H]1CO1.